The summed E-state index contributed by atoms with van der Waals surface area (Å²) in [6.45, 7) is 1.70. The van der Waals surface area contributed by atoms with Crippen LogP contribution in [0.5, 0.6) is 17.4 Å². The van der Waals surface area contributed by atoms with Crippen LogP contribution in [0.2, 0.25) is 0 Å². The van der Waals surface area contributed by atoms with Crippen LogP contribution in [0.1, 0.15) is 16.7 Å². The van der Waals surface area contributed by atoms with Crippen molar-refractivity contribution in [2.75, 3.05) is 14.2 Å². The summed E-state index contributed by atoms with van der Waals surface area (Å²) in [5.74, 6) is 0.763. The number of aryl methyl sites for hydroxylation is 1. The Kier molecular flexibility index (Phi) is 7.28. The Morgan fingerprint density at radius 1 is 1.09 bits per heavy atom. The Morgan fingerprint density at radius 2 is 1.78 bits per heavy atom. The molecular weight excluding hydrogens is 476 g/mol. The number of rotatable bonds is 7. The molecule has 0 saturated heterocycles. The molecule has 0 fully saturated rings. The number of hydrogen-bond acceptors (Lipinski definition) is 7. The molecule has 2 aromatic carbocycles. The van der Waals surface area contributed by atoms with Gasteiger partial charge in [-0.3, -0.25) is 9.36 Å². The van der Waals surface area contributed by atoms with Gasteiger partial charge in [0.15, 0.2) is 17.2 Å². The number of azo groups is 1. The van der Waals surface area contributed by atoms with Gasteiger partial charge in [0.25, 0.3) is 5.56 Å². The fourth-order valence-electron chi connectivity index (χ4n) is 3.16. The van der Waals surface area contributed by atoms with E-state index in [-0.39, 0.29) is 23.4 Å². The molecule has 3 aromatic rings. The van der Waals surface area contributed by atoms with Gasteiger partial charge in [-0.05, 0) is 55.3 Å². The highest BCUT2D eigenvalue weighted by Crippen LogP contribution is 2.29. The maximum Gasteiger partial charge on any atom is 0.281 e. The van der Waals surface area contributed by atoms with Gasteiger partial charge >= 0.3 is 0 Å². The predicted molar refractivity (Wildman–Crippen MR) is 123 cm³/mol. The van der Waals surface area contributed by atoms with Crippen LogP contribution in [0.15, 0.2) is 62.0 Å². The van der Waals surface area contributed by atoms with Crippen molar-refractivity contribution < 1.29 is 14.6 Å². The monoisotopic (exact) mass is 496 g/mol. The summed E-state index contributed by atoms with van der Waals surface area (Å²) < 4.78 is 12.6. The Hall–Kier alpha value is -3.64. The molecule has 0 aliphatic carbocycles. The highest BCUT2D eigenvalue weighted by atomic mass is 79.9. The molecular formula is C23H21BrN4O4. The number of halogens is 1. The zero-order valence-electron chi connectivity index (χ0n) is 17.8. The first-order valence-corrected chi connectivity index (χ1v) is 10.4. The number of hydrogen-bond donors (Lipinski definition) is 1. The number of benzene rings is 2. The Morgan fingerprint density at radius 3 is 2.41 bits per heavy atom. The van der Waals surface area contributed by atoms with Crippen molar-refractivity contribution in [1.82, 2.24) is 4.57 Å². The molecule has 8 nitrogen and oxygen atoms in total. The number of aromatic hydroxyl groups is 1. The van der Waals surface area contributed by atoms with Gasteiger partial charge in [0, 0.05) is 16.6 Å². The van der Waals surface area contributed by atoms with E-state index in [2.05, 4.69) is 26.2 Å². The van der Waals surface area contributed by atoms with Gasteiger partial charge in [0.1, 0.15) is 11.6 Å². The number of methoxy groups -OCH3 is 2. The smallest absolute Gasteiger partial charge is 0.281 e. The van der Waals surface area contributed by atoms with Crippen molar-refractivity contribution in [2.24, 2.45) is 10.2 Å². The van der Waals surface area contributed by atoms with Crippen molar-refractivity contribution in [3.8, 4) is 23.4 Å². The van der Waals surface area contributed by atoms with Gasteiger partial charge in [0.2, 0.25) is 5.88 Å². The molecule has 0 saturated carbocycles. The average Bonchev–Trinajstić information content (AvgIpc) is 2.80. The van der Waals surface area contributed by atoms with Crippen LogP contribution in [-0.2, 0) is 13.0 Å². The summed E-state index contributed by atoms with van der Waals surface area (Å²) in [7, 11) is 3.09. The average molecular weight is 497 g/mol. The van der Waals surface area contributed by atoms with Gasteiger partial charge < -0.3 is 14.6 Å². The first kappa shape index (κ1) is 23.0. The number of aromatic nitrogens is 1. The van der Waals surface area contributed by atoms with Crippen LogP contribution in [0.3, 0.4) is 0 Å². The summed E-state index contributed by atoms with van der Waals surface area (Å²) in [6, 6.07) is 14.5. The predicted octanol–water partition coefficient (Wildman–Crippen LogP) is 5.17. The molecule has 0 atom stereocenters. The van der Waals surface area contributed by atoms with Crippen molar-refractivity contribution in [1.29, 1.82) is 5.26 Å². The fourth-order valence-corrected chi connectivity index (χ4v) is 3.42. The number of pyridine rings is 1. The van der Waals surface area contributed by atoms with Crippen molar-refractivity contribution in [3.05, 3.63) is 74.0 Å². The SMILES string of the molecule is COc1ccc(CCn2c(O)c(C#N)c(C)c(N=Nc3ccc(Br)cc3)c2=O)cc1OC. The lowest BCUT2D eigenvalue weighted by molar-refractivity contribution is 0.354. The van der Waals surface area contributed by atoms with E-state index >= 15 is 0 Å². The lowest BCUT2D eigenvalue weighted by Crippen LogP contribution is -2.23. The third-order valence-corrected chi connectivity index (χ3v) is 5.46. The molecule has 9 heteroatoms. The first-order valence-electron chi connectivity index (χ1n) is 9.64. The Labute approximate surface area is 193 Å². The van der Waals surface area contributed by atoms with E-state index in [9.17, 15) is 15.2 Å². The third-order valence-electron chi connectivity index (χ3n) is 4.93. The van der Waals surface area contributed by atoms with E-state index in [0.29, 0.717) is 23.6 Å². The molecule has 3 rings (SSSR count). The normalized spacial score (nSPS) is 10.8. The number of ether oxygens (including phenoxy) is 2. The molecule has 0 amide bonds. The molecule has 0 aliphatic heterocycles. The topological polar surface area (TPSA) is 109 Å². The van der Waals surface area contributed by atoms with E-state index in [0.717, 1.165) is 14.6 Å². The zero-order valence-corrected chi connectivity index (χ0v) is 19.4. The zero-order chi connectivity index (χ0) is 23.3. The lowest BCUT2D eigenvalue weighted by atomic mass is 10.1. The lowest BCUT2D eigenvalue weighted by Gasteiger charge is -2.14. The minimum atomic E-state index is -0.527. The summed E-state index contributed by atoms with van der Waals surface area (Å²) in [5, 5.41) is 28.3. The molecule has 0 radical (unpaired) electrons. The van der Waals surface area contributed by atoms with Gasteiger partial charge in [0.05, 0.1) is 19.9 Å². The molecule has 32 heavy (non-hydrogen) atoms. The van der Waals surface area contributed by atoms with E-state index < -0.39 is 11.4 Å². The molecule has 0 spiro atoms. The van der Waals surface area contributed by atoms with Crippen LogP contribution in [0, 0.1) is 18.3 Å². The van der Waals surface area contributed by atoms with Crippen LogP contribution in [-0.4, -0.2) is 23.9 Å². The fraction of sp³-hybridized carbons (Fsp3) is 0.217. The Balaban J connectivity index is 1.97. The molecule has 0 unspecified atom stereocenters. The van der Waals surface area contributed by atoms with E-state index in [1.54, 1.807) is 57.5 Å². The quantitative estimate of drug-likeness (QED) is 0.453. The second kappa shape index (κ2) is 10.1. The highest BCUT2D eigenvalue weighted by molar-refractivity contribution is 9.10. The van der Waals surface area contributed by atoms with Crippen LogP contribution in [0.25, 0.3) is 0 Å². The summed E-state index contributed by atoms with van der Waals surface area (Å²) in [4.78, 5) is 13.1. The summed E-state index contributed by atoms with van der Waals surface area (Å²) >= 11 is 3.35. The van der Waals surface area contributed by atoms with E-state index in [4.69, 9.17) is 9.47 Å². The standard InChI is InChI=1S/C23H21BrN4O4/c1-14-18(13-25)22(29)28(11-10-15-4-9-19(31-2)20(12-15)32-3)23(30)21(14)27-26-17-7-5-16(24)6-8-17/h4-9,12,29H,10-11H2,1-3H3. The van der Waals surface area contributed by atoms with Crippen LogP contribution < -0.4 is 15.0 Å². The molecule has 1 N–H and O–H groups in total. The first-order chi connectivity index (χ1) is 15.4. The largest absolute Gasteiger partial charge is 0.493 e. The molecule has 0 aliphatic rings. The maximum atomic E-state index is 13.1. The Bertz CT molecular complexity index is 1260. The van der Waals surface area contributed by atoms with Gasteiger partial charge in [-0.15, -0.1) is 5.11 Å². The van der Waals surface area contributed by atoms with Crippen molar-refractivity contribution in [3.63, 3.8) is 0 Å². The van der Waals surface area contributed by atoms with Crippen LogP contribution in [0.4, 0.5) is 11.4 Å². The number of nitriles is 1. The van der Waals surface area contributed by atoms with Gasteiger partial charge in [-0.25, -0.2) is 0 Å². The summed E-state index contributed by atoms with van der Waals surface area (Å²) in [5.41, 5.74) is 1.16. The summed E-state index contributed by atoms with van der Waals surface area (Å²) in [6.07, 6.45) is 0.408. The minimum absolute atomic E-state index is 0.00887. The molecule has 164 valence electrons. The van der Waals surface area contributed by atoms with Crippen LogP contribution >= 0.6 is 15.9 Å². The second-order valence-electron chi connectivity index (χ2n) is 6.86. The minimum Gasteiger partial charge on any atom is -0.493 e. The second-order valence-corrected chi connectivity index (χ2v) is 7.77. The van der Waals surface area contributed by atoms with Crippen molar-refractivity contribution in [2.45, 2.75) is 19.9 Å². The van der Waals surface area contributed by atoms with E-state index in [1.165, 1.54) is 0 Å². The molecule has 1 aromatic heterocycles. The molecule has 1 heterocycles. The number of nitrogens with zero attached hydrogens (tertiary/aromatic N) is 4. The third kappa shape index (κ3) is 4.81. The van der Waals surface area contributed by atoms with Crippen molar-refractivity contribution >= 4 is 27.3 Å². The maximum absolute atomic E-state index is 13.1. The van der Waals surface area contributed by atoms with E-state index in [1.807, 2.05) is 12.1 Å². The highest BCUT2D eigenvalue weighted by Gasteiger charge is 2.19. The molecule has 0 bridgehead atoms. The van der Waals surface area contributed by atoms with Gasteiger partial charge in [-0.1, -0.05) is 22.0 Å². The van der Waals surface area contributed by atoms with Gasteiger partial charge in [-0.2, -0.15) is 10.4 Å².